The fourth-order valence-corrected chi connectivity index (χ4v) is 1.12. The lowest BCUT2D eigenvalue weighted by atomic mass is 10.2. The lowest BCUT2D eigenvalue weighted by Gasteiger charge is -2.14. The van der Waals surface area contributed by atoms with Crippen LogP contribution < -0.4 is 11.5 Å². The summed E-state index contributed by atoms with van der Waals surface area (Å²) in [5.74, 6) is 0.0693. The minimum atomic E-state index is -0.141. The van der Waals surface area contributed by atoms with Crippen LogP contribution in [0.25, 0.3) is 0 Å². The molecule has 1 rings (SSSR count). The van der Waals surface area contributed by atoms with Crippen molar-refractivity contribution < 1.29 is 0 Å². The number of hydrogen-bond donors (Lipinski definition) is 3. The van der Waals surface area contributed by atoms with Gasteiger partial charge in [0.15, 0.2) is 11.9 Å². The van der Waals surface area contributed by atoms with Crippen LogP contribution in [0.15, 0.2) is 29.3 Å². The Bertz CT molecular complexity index is 402. The SMILES string of the molecule is CN(C(=N)N)C(N)=NCc1ccc(Cl)cc1.Cl. The van der Waals surface area contributed by atoms with Crippen LogP contribution in [0.1, 0.15) is 5.56 Å². The van der Waals surface area contributed by atoms with Gasteiger partial charge in [-0.2, -0.15) is 0 Å². The molecule has 0 saturated heterocycles. The van der Waals surface area contributed by atoms with Crippen molar-refractivity contribution in [2.75, 3.05) is 7.05 Å². The second kappa shape index (κ2) is 6.98. The first-order chi connectivity index (χ1) is 7.50. The second-order valence-electron chi connectivity index (χ2n) is 3.25. The Morgan fingerprint density at radius 1 is 1.35 bits per heavy atom. The molecule has 0 aliphatic heterocycles. The number of hydrogen-bond acceptors (Lipinski definition) is 2. The summed E-state index contributed by atoms with van der Waals surface area (Å²) in [4.78, 5) is 5.40. The molecule has 0 aromatic heterocycles. The summed E-state index contributed by atoms with van der Waals surface area (Å²) in [6.07, 6.45) is 0. The first-order valence-electron chi connectivity index (χ1n) is 4.63. The molecule has 0 radical (unpaired) electrons. The molecule has 5 nitrogen and oxygen atoms in total. The molecule has 1 aromatic carbocycles. The summed E-state index contributed by atoms with van der Waals surface area (Å²) in [6.45, 7) is 0.431. The minimum absolute atomic E-state index is 0. The van der Waals surface area contributed by atoms with Crippen LogP contribution in [0.2, 0.25) is 5.02 Å². The van der Waals surface area contributed by atoms with Gasteiger partial charge >= 0.3 is 0 Å². The molecule has 0 fully saturated rings. The van der Waals surface area contributed by atoms with Gasteiger partial charge in [-0.3, -0.25) is 10.3 Å². The van der Waals surface area contributed by atoms with Crippen molar-refractivity contribution in [3.05, 3.63) is 34.9 Å². The van der Waals surface area contributed by atoms with Crippen LogP contribution in [-0.4, -0.2) is 23.9 Å². The average Bonchev–Trinajstić information content (AvgIpc) is 2.26. The predicted molar refractivity (Wildman–Crippen MR) is 73.7 cm³/mol. The van der Waals surface area contributed by atoms with E-state index >= 15 is 0 Å². The molecular formula is C10H15Cl2N5. The van der Waals surface area contributed by atoms with Crippen LogP contribution in [0.3, 0.4) is 0 Å². The summed E-state index contributed by atoms with van der Waals surface area (Å²) in [6, 6.07) is 7.31. The lowest BCUT2D eigenvalue weighted by molar-refractivity contribution is 0.714. The molecule has 1 aromatic rings. The van der Waals surface area contributed by atoms with Gasteiger partial charge in [-0.25, -0.2) is 4.99 Å². The molecule has 0 atom stereocenters. The van der Waals surface area contributed by atoms with E-state index in [1.54, 1.807) is 19.2 Å². The smallest absolute Gasteiger partial charge is 0.198 e. The van der Waals surface area contributed by atoms with Crippen molar-refractivity contribution in [1.82, 2.24) is 4.90 Å². The highest BCUT2D eigenvalue weighted by Gasteiger charge is 2.03. The van der Waals surface area contributed by atoms with E-state index in [-0.39, 0.29) is 24.3 Å². The zero-order chi connectivity index (χ0) is 12.1. The van der Waals surface area contributed by atoms with Gasteiger partial charge in [0.2, 0.25) is 0 Å². The van der Waals surface area contributed by atoms with Crippen molar-refractivity contribution >= 4 is 35.9 Å². The molecule has 0 bridgehead atoms. The van der Waals surface area contributed by atoms with Gasteiger partial charge in [0.05, 0.1) is 6.54 Å². The molecule has 17 heavy (non-hydrogen) atoms. The van der Waals surface area contributed by atoms with E-state index in [2.05, 4.69) is 4.99 Å². The molecule has 0 unspecified atom stereocenters. The zero-order valence-corrected chi connectivity index (χ0v) is 10.9. The summed E-state index contributed by atoms with van der Waals surface area (Å²) >= 11 is 5.75. The largest absolute Gasteiger partial charge is 0.370 e. The molecule has 0 amide bonds. The number of benzene rings is 1. The maximum atomic E-state index is 7.17. The maximum absolute atomic E-state index is 7.17. The van der Waals surface area contributed by atoms with Gasteiger partial charge in [-0.05, 0) is 17.7 Å². The van der Waals surface area contributed by atoms with Gasteiger partial charge in [-0.15, -0.1) is 12.4 Å². The zero-order valence-electron chi connectivity index (χ0n) is 9.35. The molecule has 0 saturated carbocycles. The van der Waals surface area contributed by atoms with Crippen molar-refractivity contribution in [1.29, 1.82) is 5.41 Å². The van der Waals surface area contributed by atoms with Crippen LogP contribution in [-0.2, 0) is 6.54 Å². The van der Waals surface area contributed by atoms with Crippen molar-refractivity contribution in [3.63, 3.8) is 0 Å². The third-order valence-corrected chi connectivity index (χ3v) is 2.29. The first-order valence-corrected chi connectivity index (χ1v) is 5.00. The fraction of sp³-hybridized carbons (Fsp3) is 0.200. The number of nitrogens with two attached hydrogens (primary N) is 2. The first kappa shape index (κ1) is 15.5. The van der Waals surface area contributed by atoms with E-state index in [0.29, 0.717) is 11.6 Å². The molecular weight excluding hydrogens is 261 g/mol. The van der Waals surface area contributed by atoms with Crippen LogP contribution in [0, 0.1) is 5.41 Å². The van der Waals surface area contributed by atoms with Crippen molar-refractivity contribution in [2.24, 2.45) is 16.5 Å². The molecule has 0 aliphatic rings. The van der Waals surface area contributed by atoms with E-state index in [1.165, 1.54) is 4.90 Å². The fourth-order valence-electron chi connectivity index (χ4n) is 0.992. The number of nitrogens with one attached hydrogen (secondary N) is 1. The van der Waals surface area contributed by atoms with E-state index < -0.39 is 0 Å². The van der Waals surface area contributed by atoms with Crippen molar-refractivity contribution in [2.45, 2.75) is 6.54 Å². The van der Waals surface area contributed by atoms with E-state index in [4.69, 9.17) is 28.5 Å². The monoisotopic (exact) mass is 275 g/mol. The molecule has 0 heterocycles. The quantitative estimate of drug-likeness (QED) is 0.563. The third kappa shape index (κ3) is 4.93. The highest BCUT2D eigenvalue weighted by Crippen LogP contribution is 2.10. The summed E-state index contributed by atoms with van der Waals surface area (Å²) < 4.78 is 0. The van der Waals surface area contributed by atoms with E-state index in [0.717, 1.165) is 5.56 Å². The Labute approximate surface area is 111 Å². The topological polar surface area (TPSA) is 91.5 Å². The van der Waals surface area contributed by atoms with Gasteiger partial charge in [0, 0.05) is 12.1 Å². The second-order valence-corrected chi connectivity index (χ2v) is 3.68. The molecule has 94 valence electrons. The molecule has 0 spiro atoms. The van der Waals surface area contributed by atoms with E-state index in [1.807, 2.05) is 12.1 Å². The summed E-state index contributed by atoms with van der Waals surface area (Å²) in [5, 5.41) is 7.85. The normalized spacial score (nSPS) is 10.6. The summed E-state index contributed by atoms with van der Waals surface area (Å²) in [7, 11) is 1.59. The third-order valence-electron chi connectivity index (χ3n) is 2.04. The molecule has 5 N–H and O–H groups in total. The van der Waals surface area contributed by atoms with Gasteiger partial charge in [0.25, 0.3) is 0 Å². The van der Waals surface area contributed by atoms with Gasteiger partial charge < -0.3 is 11.5 Å². The Kier molecular flexibility index (Phi) is 6.38. The lowest BCUT2D eigenvalue weighted by Crippen LogP contribution is -2.42. The van der Waals surface area contributed by atoms with Gasteiger partial charge in [-0.1, -0.05) is 23.7 Å². The minimum Gasteiger partial charge on any atom is -0.370 e. The van der Waals surface area contributed by atoms with Crippen molar-refractivity contribution in [3.8, 4) is 0 Å². The molecule has 7 heteroatoms. The van der Waals surface area contributed by atoms with Crippen LogP contribution in [0.5, 0.6) is 0 Å². The molecule has 0 aliphatic carbocycles. The van der Waals surface area contributed by atoms with Crippen LogP contribution >= 0.6 is 24.0 Å². The Morgan fingerprint density at radius 3 is 2.35 bits per heavy atom. The van der Waals surface area contributed by atoms with Crippen LogP contribution in [0.4, 0.5) is 0 Å². The summed E-state index contributed by atoms with van der Waals surface area (Å²) in [5.41, 5.74) is 11.9. The number of aliphatic imine (C=N–C) groups is 1. The number of halogens is 2. The number of rotatable bonds is 2. The average molecular weight is 276 g/mol. The Morgan fingerprint density at radius 2 is 1.88 bits per heavy atom. The predicted octanol–water partition coefficient (Wildman–Crippen LogP) is 1.40. The highest BCUT2D eigenvalue weighted by atomic mass is 35.5. The van der Waals surface area contributed by atoms with Gasteiger partial charge in [0.1, 0.15) is 0 Å². The Balaban J connectivity index is 0.00000256. The maximum Gasteiger partial charge on any atom is 0.198 e. The number of guanidine groups is 2. The highest BCUT2D eigenvalue weighted by molar-refractivity contribution is 6.30. The van der Waals surface area contributed by atoms with E-state index in [9.17, 15) is 0 Å². The number of nitrogens with zero attached hydrogens (tertiary/aromatic N) is 2. The Hall–Kier alpha value is -1.46. The standard InChI is InChI=1S/C10H14ClN5.ClH/c1-16(9(12)13)10(14)15-6-7-2-4-8(11)5-3-7;/h2-5H,6H2,1H3,(H3,12,13)(H2,14,15);1H.